The second-order valence-corrected chi connectivity index (χ2v) is 10.3. The minimum atomic E-state index is 0.0952. The molecule has 5 heterocycles. The van der Waals surface area contributed by atoms with Crippen LogP contribution in [0.4, 0.5) is 11.6 Å². The number of thiazole rings is 1. The topological polar surface area (TPSA) is 77.9 Å². The van der Waals surface area contributed by atoms with Gasteiger partial charge in [0.2, 0.25) is 0 Å². The van der Waals surface area contributed by atoms with Crippen molar-refractivity contribution in [2.24, 2.45) is 0 Å². The third-order valence-electron chi connectivity index (χ3n) is 6.81. The summed E-state index contributed by atoms with van der Waals surface area (Å²) in [7, 11) is 0. The van der Waals surface area contributed by atoms with E-state index in [1.165, 1.54) is 24.2 Å². The highest BCUT2D eigenvalue weighted by Crippen LogP contribution is 2.22. The Morgan fingerprint density at radius 2 is 1.64 bits per heavy atom. The molecule has 0 N–H and O–H groups in total. The minimum Gasteiger partial charge on any atom is -0.377 e. The molecule has 2 aromatic rings. The zero-order chi connectivity index (χ0) is 22.8. The number of ether oxygens (including phenoxy) is 1. The number of nitrogens with zero attached hydrogens (tertiary/aromatic N) is 7. The van der Waals surface area contributed by atoms with Crippen LogP contribution in [-0.2, 0) is 4.74 Å². The first-order valence-electron chi connectivity index (χ1n) is 12.0. The third kappa shape index (κ3) is 5.12. The predicted octanol–water partition coefficient (Wildman–Crippen LogP) is 1.81. The quantitative estimate of drug-likeness (QED) is 0.654. The SMILES string of the molecule is Cc1nc(C)c(C(=O)N2CCN(c3ccc(N4CCN(CC5CCCO5)CC4)nn3)CC2)s1. The molecule has 0 radical (unpaired) electrons. The number of aryl methyl sites for hydroxylation is 2. The average Bonchev–Trinajstić information content (AvgIpc) is 3.48. The molecule has 0 saturated carbocycles. The van der Waals surface area contributed by atoms with Crippen LogP contribution in [0, 0.1) is 13.8 Å². The van der Waals surface area contributed by atoms with Gasteiger partial charge in [-0.1, -0.05) is 0 Å². The molecule has 10 heteroatoms. The molecule has 3 aliphatic rings. The van der Waals surface area contributed by atoms with Crippen LogP contribution < -0.4 is 9.80 Å². The lowest BCUT2D eigenvalue weighted by molar-refractivity contribution is 0.0712. The fourth-order valence-corrected chi connectivity index (χ4v) is 5.79. The van der Waals surface area contributed by atoms with Gasteiger partial charge in [0.25, 0.3) is 5.91 Å². The first-order valence-corrected chi connectivity index (χ1v) is 12.8. The van der Waals surface area contributed by atoms with E-state index < -0.39 is 0 Å². The van der Waals surface area contributed by atoms with Gasteiger partial charge >= 0.3 is 0 Å². The van der Waals surface area contributed by atoms with Crippen molar-refractivity contribution < 1.29 is 9.53 Å². The number of hydrogen-bond acceptors (Lipinski definition) is 9. The summed E-state index contributed by atoms with van der Waals surface area (Å²) >= 11 is 1.48. The van der Waals surface area contributed by atoms with Crippen molar-refractivity contribution in [3.05, 3.63) is 27.7 Å². The van der Waals surface area contributed by atoms with Gasteiger partial charge in [0, 0.05) is 65.5 Å². The fourth-order valence-electron chi connectivity index (χ4n) is 4.90. The van der Waals surface area contributed by atoms with Crippen LogP contribution >= 0.6 is 11.3 Å². The molecule has 33 heavy (non-hydrogen) atoms. The van der Waals surface area contributed by atoms with Crippen molar-refractivity contribution in [3.63, 3.8) is 0 Å². The van der Waals surface area contributed by atoms with Gasteiger partial charge in [-0.05, 0) is 38.8 Å². The van der Waals surface area contributed by atoms with Crippen molar-refractivity contribution in [3.8, 4) is 0 Å². The van der Waals surface area contributed by atoms with Gasteiger partial charge in [-0.3, -0.25) is 9.69 Å². The molecule has 1 amide bonds. The molecular formula is C23H33N7O2S. The molecule has 0 aromatic carbocycles. The summed E-state index contributed by atoms with van der Waals surface area (Å²) in [6.07, 6.45) is 2.81. The molecule has 9 nitrogen and oxygen atoms in total. The number of carbonyl (C=O) groups excluding carboxylic acids is 1. The molecular weight excluding hydrogens is 438 g/mol. The number of aromatic nitrogens is 3. The van der Waals surface area contributed by atoms with E-state index in [0.29, 0.717) is 19.2 Å². The zero-order valence-electron chi connectivity index (χ0n) is 19.6. The number of anilines is 2. The average molecular weight is 472 g/mol. The van der Waals surface area contributed by atoms with E-state index in [9.17, 15) is 4.79 Å². The van der Waals surface area contributed by atoms with Crippen molar-refractivity contribution >= 4 is 28.9 Å². The van der Waals surface area contributed by atoms with Crippen LogP contribution in [0.1, 0.15) is 33.2 Å². The van der Waals surface area contributed by atoms with Crippen LogP contribution in [-0.4, -0.2) is 103 Å². The highest BCUT2D eigenvalue weighted by Gasteiger charge is 2.27. The van der Waals surface area contributed by atoms with Crippen molar-refractivity contribution in [1.29, 1.82) is 0 Å². The smallest absolute Gasteiger partial charge is 0.265 e. The highest BCUT2D eigenvalue weighted by atomic mass is 32.1. The molecule has 178 valence electrons. The molecule has 5 rings (SSSR count). The molecule has 0 spiro atoms. The summed E-state index contributed by atoms with van der Waals surface area (Å²) in [5.41, 5.74) is 0.832. The lowest BCUT2D eigenvalue weighted by atomic mass is 10.2. The van der Waals surface area contributed by atoms with Crippen LogP contribution in [0.15, 0.2) is 12.1 Å². The maximum absolute atomic E-state index is 12.9. The van der Waals surface area contributed by atoms with Crippen molar-refractivity contribution in [2.45, 2.75) is 32.8 Å². The summed E-state index contributed by atoms with van der Waals surface area (Å²) in [5, 5.41) is 9.98. The summed E-state index contributed by atoms with van der Waals surface area (Å²) in [6, 6.07) is 4.15. The molecule has 3 fully saturated rings. The van der Waals surface area contributed by atoms with Crippen LogP contribution in [0.2, 0.25) is 0 Å². The second kappa shape index (κ2) is 9.90. The Labute approximate surface area is 199 Å². The van der Waals surface area contributed by atoms with Crippen molar-refractivity contribution in [2.75, 3.05) is 75.3 Å². The Balaban J connectivity index is 1.11. The largest absolute Gasteiger partial charge is 0.377 e. The number of hydrogen-bond donors (Lipinski definition) is 0. The van der Waals surface area contributed by atoms with Crippen LogP contribution in [0.5, 0.6) is 0 Å². The Morgan fingerprint density at radius 3 is 2.15 bits per heavy atom. The zero-order valence-corrected chi connectivity index (χ0v) is 20.4. The number of rotatable bonds is 5. The molecule has 1 unspecified atom stereocenters. The van der Waals surface area contributed by atoms with Crippen molar-refractivity contribution in [1.82, 2.24) is 25.0 Å². The highest BCUT2D eigenvalue weighted by molar-refractivity contribution is 7.13. The maximum atomic E-state index is 12.9. The normalized spacial score (nSPS) is 22.2. The first kappa shape index (κ1) is 22.5. The summed E-state index contributed by atoms with van der Waals surface area (Å²) in [6.45, 7) is 12.7. The van der Waals surface area contributed by atoms with Crippen LogP contribution in [0.25, 0.3) is 0 Å². The molecule has 1 atom stereocenters. The standard InChI is InChI=1S/C23H33N7O2S/c1-17-22(33-18(2)24-17)23(31)30-13-11-29(12-14-30)21-6-5-20(25-26-21)28-9-7-27(8-10-28)16-19-4-3-15-32-19/h5-6,19H,3-4,7-16H2,1-2H3. The predicted molar refractivity (Wildman–Crippen MR) is 129 cm³/mol. The van der Waals surface area contributed by atoms with Gasteiger partial charge in [-0.15, -0.1) is 21.5 Å². The monoisotopic (exact) mass is 471 g/mol. The van der Waals surface area contributed by atoms with Crippen LogP contribution in [0.3, 0.4) is 0 Å². The molecule has 0 aliphatic carbocycles. The number of carbonyl (C=O) groups is 1. The lowest BCUT2D eigenvalue weighted by Crippen LogP contribution is -2.49. The van der Waals surface area contributed by atoms with E-state index in [2.05, 4.69) is 42.0 Å². The van der Waals surface area contributed by atoms with Gasteiger partial charge in [0.15, 0.2) is 11.6 Å². The Kier molecular flexibility index (Phi) is 6.75. The summed E-state index contributed by atoms with van der Waals surface area (Å²) in [4.78, 5) is 27.0. The van der Waals surface area contributed by atoms with E-state index >= 15 is 0 Å². The first-order chi connectivity index (χ1) is 16.1. The second-order valence-electron chi connectivity index (χ2n) is 9.10. The van der Waals surface area contributed by atoms with Gasteiger partial charge < -0.3 is 19.4 Å². The Morgan fingerprint density at radius 1 is 1.00 bits per heavy atom. The van der Waals surface area contributed by atoms with E-state index in [1.807, 2.05) is 18.7 Å². The van der Waals surface area contributed by atoms with E-state index in [1.54, 1.807) is 0 Å². The van der Waals surface area contributed by atoms with Gasteiger partial charge in [-0.25, -0.2) is 4.98 Å². The molecule has 2 aromatic heterocycles. The molecule has 3 saturated heterocycles. The van der Waals surface area contributed by atoms with E-state index in [-0.39, 0.29) is 5.91 Å². The fraction of sp³-hybridized carbons (Fsp3) is 0.652. The summed E-state index contributed by atoms with van der Waals surface area (Å²) < 4.78 is 5.78. The number of amides is 1. The molecule has 3 aliphatic heterocycles. The number of piperazine rings is 2. The van der Waals surface area contributed by atoms with Gasteiger partial charge in [-0.2, -0.15) is 0 Å². The van der Waals surface area contributed by atoms with Gasteiger partial charge in [0.05, 0.1) is 16.8 Å². The Bertz CT molecular complexity index is 944. The third-order valence-corrected chi connectivity index (χ3v) is 7.87. The maximum Gasteiger partial charge on any atom is 0.265 e. The molecule has 0 bridgehead atoms. The van der Waals surface area contributed by atoms with E-state index in [4.69, 9.17) is 4.74 Å². The summed E-state index contributed by atoms with van der Waals surface area (Å²) in [5.74, 6) is 1.92. The van der Waals surface area contributed by atoms with Gasteiger partial charge in [0.1, 0.15) is 4.88 Å². The minimum absolute atomic E-state index is 0.0952. The Hall–Kier alpha value is -2.30. The lowest BCUT2D eigenvalue weighted by Gasteiger charge is -2.37. The van der Waals surface area contributed by atoms with E-state index in [0.717, 1.165) is 79.6 Å².